The van der Waals surface area contributed by atoms with Crippen molar-refractivity contribution in [1.82, 2.24) is 5.32 Å². The Morgan fingerprint density at radius 3 is 2.35 bits per heavy atom. The summed E-state index contributed by atoms with van der Waals surface area (Å²) in [5.74, 6) is -5.83. The minimum Gasteiger partial charge on any atom is -0.485 e. The van der Waals surface area contributed by atoms with Crippen molar-refractivity contribution in [2.45, 2.75) is 12.1 Å². The fraction of sp³-hybridized carbons (Fsp3) is 0.364. The normalized spacial score (nSPS) is 12.1. The molecule has 112 valence electrons. The van der Waals surface area contributed by atoms with Crippen LogP contribution in [0.15, 0.2) is 18.2 Å². The van der Waals surface area contributed by atoms with Gasteiger partial charge in [0.25, 0.3) is 5.91 Å². The third-order valence-electron chi connectivity index (χ3n) is 2.32. The van der Waals surface area contributed by atoms with Crippen LogP contribution >= 0.6 is 0 Å². The SMILES string of the molecule is CNC(=O)c1ccc(OCC(F)(F)C(F)(F)F)c(N)c1. The molecule has 1 rings (SSSR count). The zero-order chi connectivity index (χ0) is 15.6. The van der Waals surface area contributed by atoms with Crippen molar-refractivity contribution < 1.29 is 31.5 Å². The van der Waals surface area contributed by atoms with E-state index in [1.807, 2.05) is 0 Å². The highest BCUT2D eigenvalue weighted by Crippen LogP contribution is 2.36. The summed E-state index contributed by atoms with van der Waals surface area (Å²) in [5.41, 5.74) is 5.33. The number of alkyl halides is 5. The number of anilines is 1. The lowest BCUT2D eigenvalue weighted by atomic mass is 10.2. The molecular weight excluding hydrogens is 287 g/mol. The first-order chi connectivity index (χ1) is 9.08. The minimum atomic E-state index is -5.70. The Morgan fingerprint density at radius 1 is 1.30 bits per heavy atom. The summed E-state index contributed by atoms with van der Waals surface area (Å²) in [5, 5.41) is 2.30. The van der Waals surface area contributed by atoms with Gasteiger partial charge in [-0.05, 0) is 18.2 Å². The van der Waals surface area contributed by atoms with Crippen LogP contribution in [-0.4, -0.2) is 31.7 Å². The number of ether oxygens (including phenoxy) is 1. The van der Waals surface area contributed by atoms with E-state index in [0.29, 0.717) is 0 Å². The van der Waals surface area contributed by atoms with Gasteiger partial charge in [-0.25, -0.2) is 0 Å². The largest absolute Gasteiger partial charge is 0.485 e. The Balaban J connectivity index is 2.83. The van der Waals surface area contributed by atoms with Crippen molar-refractivity contribution in [2.24, 2.45) is 0 Å². The van der Waals surface area contributed by atoms with Crippen LogP contribution in [0.1, 0.15) is 10.4 Å². The minimum absolute atomic E-state index is 0.125. The van der Waals surface area contributed by atoms with E-state index < -0.39 is 24.6 Å². The second-order valence-electron chi connectivity index (χ2n) is 3.82. The standard InChI is InChI=1S/C11H11F5N2O2/c1-18-9(19)6-2-3-8(7(17)4-6)20-5-10(12,13)11(14,15)16/h2-4H,5,17H2,1H3,(H,18,19). The van der Waals surface area contributed by atoms with Gasteiger partial charge in [-0.3, -0.25) is 4.79 Å². The summed E-state index contributed by atoms with van der Waals surface area (Å²) in [6, 6.07) is 3.35. The molecule has 0 aliphatic heterocycles. The molecule has 0 atom stereocenters. The molecule has 0 spiro atoms. The number of nitrogens with two attached hydrogens (primary N) is 1. The van der Waals surface area contributed by atoms with Gasteiger partial charge in [-0.1, -0.05) is 0 Å². The van der Waals surface area contributed by atoms with E-state index in [-0.39, 0.29) is 17.0 Å². The number of carbonyl (C=O) groups excluding carboxylic acids is 1. The summed E-state index contributed by atoms with van der Waals surface area (Å²) >= 11 is 0. The van der Waals surface area contributed by atoms with E-state index in [2.05, 4.69) is 10.1 Å². The maximum atomic E-state index is 12.7. The molecule has 20 heavy (non-hydrogen) atoms. The maximum Gasteiger partial charge on any atom is 0.456 e. The van der Waals surface area contributed by atoms with E-state index in [1.165, 1.54) is 13.1 Å². The predicted molar refractivity (Wildman–Crippen MR) is 60.7 cm³/mol. The second-order valence-corrected chi connectivity index (χ2v) is 3.82. The number of rotatable bonds is 4. The van der Waals surface area contributed by atoms with Crippen molar-refractivity contribution in [3.8, 4) is 5.75 Å². The average molecular weight is 298 g/mol. The van der Waals surface area contributed by atoms with E-state index in [0.717, 1.165) is 12.1 Å². The van der Waals surface area contributed by atoms with Gasteiger partial charge in [-0.15, -0.1) is 0 Å². The van der Waals surface area contributed by atoms with Crippen molar-refractivity contribution >= 4 is 11.6 Å². The summed E-state index contributed by atoms with van der Waals surface area (Å²) in [4.78, 5) is 11.2. The van der Waals surface area contributed by atoms with Crippen molar-refractivity contribution in [1.29, 1.82) is 0 Å². The lowest BCUT2D eigenvalue weighted by Crippen LogP contribution is -2.41. The van der Waals surface area contributed by atoms with Crippen LogP contribution in [0.4, 0.5) is 27.6 Å². The number of halogens is 5. The summed E-state index contributed by atoms with van der Waals surface area (Å²) < 4.78 is 65.5. The lowest BCUT2D eigenvalue weighted by molar-refractivity contribution is -0.289. The van der Waals surface area contributed by atoms with E-state index in [4.69, 9.17) is 5.73 Å². The van der Waals surface area contributed by atoms with Crippen molar-refractivity contribution in [3.63, 3.8) is 0 Å². The maximum absolute atomic E-state index is 12.7. The molecule has 0 bridgehead atoms. The van der Waals surface area contributed by atoms with Crippen LogP contribution in [0.25, 0.3) is 0 Å². The fourth-order valence-corrected chi connectivity index (χ4v) is 1.22. The molecular formula is C11H11F5N2O2. The van der Waals surface area contributed by atoms with E-state index in [9.17, 15) is 26.7 Å². The Morgan fingerprint density at radius 2 is 1.90 bits per heavy atom. The van der Waals surface area contributed by atoms with Crippen LogP contribution in [0.5, 0.6) is 5.75 Å². The van der Waals surface area contributed by atoms with Crippen LogP contribution in [-0.2, 0) is 0 Å². The Kier molecular flexibility index (Phi) is 4.41. The Hall–Kier alpha value is -2.06. The molecule has 1 aromatic rings. The molecule has 4 nitrogen and oxygen atoms in total. The lowest BCUT2D eigenvalue weighted by Gasteiger charge is -2.20. The first-order valence-corrected chi connectivity index (χ1v) is 5.27. The molecule has 0 saturated carbocycles. The van der Waals surface area contributed by atoms with Gasteiger partial charge in [0.15, 0.2) is 6.61 Å². The molecule has 0 unspecified atom stereocenters. The number of nitrogens with one attached hydrogen (secondary N) is 1. The predicted octanol–water partition coefficient (Wildman–Crippen LogP) is 2.20. The molecule has 0 radical (unpaired) electrons. The van der Waals surface area contributed by atoms with Crippen LogP contribution in [0.2, 0.25) is 0 Å². The highest BCUT2D eigenvalue weighted by atomic mass is 19.4. The van der Waals surface area contributed by atoms with Crippen LogP contribution < -0.4 is 15.8 Å². The number of benzene rings is 1. The molecule has 3 N–H and O–H groups in total. The van der Waals surface area contributed by atoms with Gasteiger partial charge in [0, 0.05) is 12.6 Å². The third-order valence-corrected chi connectivity index (χ3v) is 2.32. The Labute approximate surface area is 110 Å². The first kappa shape index (κ1) is 16.0. The van der Waals surface area contributed by atoms with Crippen molar-refractivity contribution in [3.05, 3.63) is 23.8 Å². The summed E-state index contributed by atoms with van der Waals surface area (Å²) in [7, 11) is 1.37. The molecule has 0 aromatic heterocycles. The van der Waals surface area contributed by atoms with Crippen LogP contribution in [0.3, 0.4) is 0 Å². The van der Waals surface area contributed by atoms with Crippen LogP contribution in [0, 0.1) is 0 Å². The molecule has 0 heterocycles. The monoisotopic (exact) mass is 298 g/mol. The second kappa shape index (κ2) is 5.51. The summed E-state index contributed by atoms with van der Waals surface area (Å²) in [6.45, 7) is -1.89. The summed E-state index contributed by atoms with van der Waals surface area (Å²) in [6.07, 6.45) is -5.70. The number of carbonyl (C=O) groups is 1. The molecule has 1 amide bonds. The number of nitrogen functional groups attached to an aromatic ring is 1. The molecule has 0 aliphatic carbocycles. The molecule has 0 aliphatic rings. The van der Waals surface area contributed by atoms with Gasteiger partial charge in [0.05, 0.1) is 5.69 Å². The third kappa shape index (κ3) is 3.49. The highest BCUT2D eigenvalue weighted by Gasteiger charge is 2.58. The molecule has 0 fully saturated rings. The van der Waals surface area contributed by atoms with Gasteiger partial charge >= 0.3 is 12.1 Å². The fourth-order valence-electron chi connectivity index (χ4n) is 1.22. The molecule has 0 saturated heterocycles. The van der Waals surface area contributed by atoms with Crippen molar-refractivity contribution in [2.75, 3.05) is 19.4 Å². The van der Waals surface area contributed by atoms with E-state index >= 15 is 0 Å². The first-order valence-electron chi connectivity index (χ1n) is 5.27. The van der Waals surface area contributed by atoms with Gasteiger partial charge in [-0.2, -0.15) is 22.0 Å². The Bertz CT molecular complexity index is 502. The highest BCUT2D eigenvalue weighted by molar-refractivity contribution is 5.95. The number of amides is 1. The van der Waals surface area contributed by atoms with E-state index in [1.54, 1.807) is 0 Å². The smallest absolute Gasteiger partial charge is 0.456 e. The molecule has 1 aromatic carbocycles. The quantitative estimate of drug-likeness (QED) is 0.661. The zero-order valence-electron chi connectivity index (χ0n) is 10.2. The number of hydrogen-bond acceptors (Lipinski definition) is 3. The average Bonchev–Trinajstić information content (AvgIpc) is 2.35. The van der Waals surface area contributed by atoms with Gasteiger partial charge in [0.2, 0.25) is 0 Å². The van der Waals surface area contributed by atoms with Gasteiger partial charge in [0.1, 0.15) is 5.75 Å². The molecule has 9 heteroatoms. The number of hydrogen-bond donors (Lipinski definition) is 2. The van der Waals surface area contributed by atoms with Gasteiger partial charge < -0.3 is 15.8 Å². The zero-order valence-corrected chi connectivity index (χ0v) is 10.2. The topological polar surface area (TPSA) is 64.3 Å².